The second kappa shape index (κ2) is 46.7. The van der Waals surface area contributed by atoms with Gasteiger partial charge in [-0.05, 0) is 245 Å². The molecule has 0 saturated carbocycles. The Morgan fingerprint density at radius 1 is 0.321 bits per heavy atom. The summed E-state index contributed by atoms with van der Waals surface area (Å²) in [5, 5.41) is 62.9. The SMILES string of the molecule is CCN(CC)CC(O)CCC(=O)c1ccc2cc(-c3c(N)ncc4ccc(Cl)cc34)ccc2c1.CCN(CC)CC(O)CCC(=O)c1ccc2ccc(-c3c(N)ncc4ccc(Cl)cc34)cc2c1.CCN(CC)CC(O)CNC(=O)c1ccc2cc(-c3c(N)ncc4ccc(Cl)cc34)sc2c1.CCN(CC)CC(O)CNC(=O)c1ccc2sc(-c3c(N)ncc4ccc(Cl)cc34)cc2c1. The molecule has 16 rings (SSSR count). The average molecular weight is 1920 g/mol. The van der Waals surface area contributed by atoms with Crippen molar-refractivity contribution in [1.29, 1.82) is 0 Å². The van der Waals surface area contributed by atoms with Crippen molar-refractivity contribution >= 4 is 201 Å². The van der Waals surface area contributed by atoms with Gasteiger partial charge in [0.1, 0.15) is 23.3 Å². The third kappa shape index (κ3) is 25.0. The Hall–Kier alpha value is -11.4. The van der Waals surface area contributed by atoms with Gasteiger partial charge in [-0.25, -0.2) is 19.9 Å². The molecule has 4 unspecified atom stereocenters. The topological polar surface area (TPSA) is 342 Å². The number of benzene rings is 10. The van der Waals surface area contributed by atoms with Gasteiger partial charge in [0.15, 0.2) is 11.6 Å². The number of halogens is 4. The van der Waals surface area contributed by atoms with Gasteiger partial charge in [-0.15, -0.1) is 22.7 Å². The van der Waals surface area contributed by atoms with E-state index in [2.05, 4.69) is 118 Å². The van der Waals surface area contributed by atoms with Crippen LogP contribution in [-0.2, 0) is 0 Å². The lowest BCUT2D eigenvalue weighted by Crippen LogP contribution is -2.40. The lowest BCUT2D eigenvalue weighted by atomic mass is 9.95. The summed E-state index contributed by atoms with van der Waals surface area (Å²) in [6.45, 7) is 26.2. The van der Waals surface area contributed by atoms with E-state index in [-0.39, 0.29) is 36.5 Å². The Balaban J connectivity index is 0.000000152. The number of nitrogen functional groups attached to an aromatic ring is 4. The monoisotopic (exact) mass is 1910 g/mol. The van der Waals surface area contributed by atoms with Crippen LogP contribution in [0.3, 0.4) is 0 Å². The van der Waals surface area contributed by atoms with E-state index in [0.717, 1.165) is 180 Å². The highest BCUT2D eigenvalue weighted by Gasteiger charge is 2.23. The molecule has 134 heavy (non-hydrogen) atoms. The van der Waals surface area contributed by atoms with Crippen molar-refractivity contribution in [1.82, 2.24) is 50.2 Å². The molecule has 0 spiro atoms. The number of nitrogens with zero attached hydrogens (tertiary/aromatic N) is 8. The molecule has 0 aliphatic rings. The van der Waals surface area contributed by atoms with Crippen molar-refractivity contribution in [2.45, 2.75) is 105 Å². The lowest BCUT2D eigenvalue weighted by molar-refractivity contribution is 0.0866. The number of ketones is 2. The van der Waals surface area contributed by atoms with Crippen LogP contribution in [0, 0.1) is 0 Å². The summed E-state index contributed by atoms with van der Waals surface area (Å²) in [6.07, 6.45) is 6.30. The van der Waals surface area contributed by atoms with Gasteiger partial charge in [0, 0.05) is 182 Å². The van der Waals surface area contributed by atoms with E-state index in [1.807, 2.05) is 170 Å². The number of hydrogen-bond donors (Lipinski definition) is 10. The van der Waals surface area contributed by atoms with Crippen molar-refractivity contribution in [3.8, 4) is 43.1 Å². The van der Waals surface area contributed by atoms with Crippen LogP contribution in [0.4, 0.5) is 23.3 Å². The fourth-order valence-electron chi connectivity index (χ4n) is 16.6. The van der Waals surface area contributed by atoms with Crippen molar-refractivity contribution in [2.24, 2.45) is 0 Å². The summed E-state index contributed by atoms with van der Waals surface area (Å²) < 4.78 is 2.02. The quantitative estimate of drug-likeness (QED) is 0.0167. The van der Waals surface area contributed by atoms with E-state index < -0.39 is 24.4 Å². The first-order chi connectivity index (χ1) is 64.6. The van der Waals surface area contributed by atoms with Gasteiger partial charge in [-0.2, -0.15) is 0 Å². The first-order valence-electron chi connectivity index (χ1n) is 45.3. The molecular formula is C106H114Cl4N14O8S2. The van der Waals surface area contributed by atoms with Gasteiger partial charge in [-0.1, -0.05) is 181 Å². The molecule has 696 valence electrons. The molecule has 6 aromatic heterocycles. The number of nitrogens with one attached hydrogen (secondary N) is 2. The van der Waals surface area contributed by atoms with E-state index in [9.17, 15) is 39.6 Å². The third-order valence-electron chi connectivity index (χ3n) is 24.3. The minimum absolute atomic E-state index is 0.0315. The van der Waals surface area contributed by atoms with E-state index >= 15 is 0 Å². The molecule has 6 heterocycles. The molecule has 22 nitrogen and oxygen atoms in total. The maximum Gasteiger partial charge on any atom is 0.251 e. The van der Waals surface area contributed by atoms with Crippen molar-refractivity contribution in [3.05, 3.63) is 261 Å². The molecule has 28 heteroatoms. The molecule has 0 aliphatic heterocycles. The first kappa shape index (κ1) is 100. The van der Waals surface area contributed by atoms with Gasteiger partial charge in [0.2, 0.25) is 0 Å². The zero-order chi connectivity index (χ0) is 95.6. The first-order valence-corrected chi connectivity index (χ1v) is 48.5. The van der Waals surface area contributed by atoms with E-state index in [4.69, 9.17) is 69.3 Å². The van der Waals surface area contributed by atoms with E-state index in [1.54, 1.807) is 59.6 Å². The molecule has 0 fully saturated rings. The zero-order valence-corrected chi connectivity index (χ0v) is 81.1. The van der Waals surface area contributed by atoms with Gasteiger partial charge in [0.25, 0.3) is 11.8 Å². The number of pyridine rings is 4. The van der Waals surface area contributed by atoms with Crippen LogP contribution in [0.2, 0.25) is 20.1 Å². The molecule has 0 bridgehead atoms. The minimum Gasteiger partial charge on any atom is -0.392 e. The van der Waals surface area contributed by atoms with Crippen LogP contribution in [0.25, 0.3) is 128 Å². The number of amides is 2. The number of aromatic nitrogens is 4. The number of aliphatic hydroxyl groups is 4. The van der Waals surface area contributed by atoms with Crippen molar-refractivity contribution in [2.75, 3.05) is 115 Å². The minimum atomic E-state index is -0.612. The molecule has 16 aromatic rings. The predicted octanol–water partition coefficient (Wildman–Crippen LogP) is 21.5. The Bertz CT molecular complexity index is 6680. The van der Waals surface area contributed by atoms with Crippen LogP contribution >= 0.6 is 69.1 Å². The predicted molar refractivity (Wildman–Crippen MR) is 559 cm³/mol. The standard InChI is InChI=1S/2C28H30ClN3O2.2C25H27ClN4O2S/c1-3-32(4-2)17-24(33)11-12-26(34)20-7-5-19-14-21(8-6-18(19)13-20)27-25-15-23(29)10-9-22(25)16-31-28(27)30;1-3-32(4-2)17-24(33)11-12-26(34)19-7-5-18-6-8-20(14-22(18)13-19)27-25-15-23(29)10-9-21(25)16-31-28(27)30;1-3-30(4-2)14-19(31)13-29-25(32)15-6-8-21-17(9-15)10-22(33-21)23-20-11-18(26)7-5-16(20)12-28-24(23)27;1-3-30(4-2)14-19(31)13-29-25(32)16-6-5-15-9-22(33-21(15)10-16)23-20-11-18(26)8-7-17(20)12-28-24(23)27/h2*5-10,13-16,24,33H,3-4,11-12,17H2,1-2H3,(H2,30,31);2*5-12,19,31H,3-4,13-14H2,1-2H3,(H2,27,28)(H,29,32). The van der Waals surface area contributed by atoms with Gasteiger partial charge < -0.3 is 73.6 Å². The summed E-state index contributed by atoms with van der Waals surface area (Å²) in [7, 11) is 0. The maximum atomic E-state index is 12.9. The normalized spacial score (nSPS) is 12.5. The lowest BCUT2D eigenvalue weighted by Gasteiger charge is -2.22. The summed E-state index contributed by atoms with van der Waals surface area (Å²) >= 11 is 28.1. The number of carbonyl (C=O) groups is 4. The van der Waals surface area contributed by atoms with E-state index in [0.29, 0.717) is 117 Å². The largest absolute Gasteiger partial charge is 0.392 e. The fraction of sp³-hybridized carbons (Fsp3) is 0.283. The van der Waals surface area contributed by atoms with E-state index in [1.165, 1.54) is 0 Å². The number of Topliss-reactive ketones (excluding diaryl/α,β-unsaturated/α-hetero) is 2. The van der Waals surface area contributed by atoms with Gasteiger partial charge in [-0.3, -0.25) is 19.2 Å². The van der Waals surface area contributed by atoms with Crippen LogP contribution in [0.15, 0.2) is 219 Å². The molecular weight excluding hydrogens is 1800 g/mol. The number of hydrogen-bond acceptors (Lipinski definition) is 22. The van der Waals surface area contributed by atoms with Crippen molar-refractivity contribution in [3.63, 3.8) is 0 Å². The molecule has 0 aliphatic carbocycles. The van der Waals surface area contributed by atoms with Crippen molar-refractivity contribution < 1.29 is 39.6 Å². The zero-order valence-electron chi connectivity index (χ0n) is 76.5. The Labute approximate surface area is 808 Å². The molecule has 0 radical (unpaired) electrons. The molecule has 2 amide bonds. The number of carbonyl (C=O) groups excluding carboxylic acids is 4. The van der Waals surface area contributed by atoms with Crippen LogP contribution < -0.4 is 33.6 Å². The molecule has 14 N–H and O–H groups in total. The second-order valence-corrected chi connectivity index (χ2v) is 37.1. The smallest absolute Gasteiger partial charge is 0.251 e. The number of nitrogens with two attached hydrogens (primary N) is 4. The fourth-order valence-corrected chi connectivity index (χ4v) is 19.6. The molecule has 0 saturated heterocycles. The van der Waals surface area contributed by atoms with Crippen LogP contribution in [0.5, 0.6) is 0 Å². The van der Waals surface area contributed by atoms with Crippen LogP contribution in [-0.4, -0.2) is 199 Å². The number of rotatable bonds is 34. The highest BCUT2D eigenvalue weighted by Crippen LogP contribution is 2.44. The molecule has 4 atom stereocenters. The average Bonchev–Trinajstić information content (AvgIpc) is 1.37. The Morgan fingerprint density at radius 3 is 1.05 bits per heavy atom. The number of thiophene rings is 2. The Kier molecular flexibility index (Phi) is 34.9. The van der Waals surface area contributed by atoms with Gasteiger partial charge >= 0.3 is 0 Å². The summed E-state index contributed by atoms with van der Waals surface area (Å²) in [5.41, 5.74) is 32.7. The Morgan fingerprint density at radius 2 is 0.627 bits per heavy atom. The van der Waals surface area contributed by atoms with Crippen LogP contribution in [0.1, 0.15) is 123 Å². The second-order valence-electron chi connectivity index (χ2n) is 33.2. The summed E-state index contributed by atoms with van der Waals surface area (Å²) in [6, 6.07) is 61.6. The number of likely N-dealkylation sites (N-methyl/N-ethyl adjacent to an activating group) is 4. The summed E-state index contributed by atoms with van der Waals surface area (Å²) in [5.74, 6) is 1.43. The maximum absolute atomic E-state index is 12.9. The highest BCUT2D eigenvalue weighted by molar-refractivity contribution is 7.22. The van der Waals surface area contributed by atoms with Gasteiger partial charge in [0.05, 0.1) is 24.4 Å². The molecule has 10 aromatic carbocycles. The number of anilines is 4. The highest BCUT2D eigenvalue weighted by atomic mass is 35.5. The number of fused-ring (bicyclic) bond motifs is 8. The summed E-state index contributed by atoms with van der Waals surface area (Å²) in [4.78, 5) is 78.9. The number of aliphatic hydroxyl groups excluding tert-OH is 4. The third-order valence-corrected chi connectivity index (χ3v) is 27.5.